The lowest BCUT2D eigenvalue weighted by Gasteiger charge is -2.10. The summed E-state index contributed by atoms with van der Waals surface area (Å²) in [5.74, 6) is -0.140. The monoisotopic (exact) mass is 207 g/mol. The molecule has 0 aliphatic rings. The Labute approximate surface area is 90.1 Å². The van der Waals surface area contributed by atoms with Crippen LogP contribution in [0.1, 0.15) is 29.8 Å². The number of aliphatic hydroxyl groups is 1. The first-order valence-electron chi connectivity index (χ1n) is 5.18. The van der Waals surface area contributed by atoms with Gasteiger partial charge < -0.3 is 10.4 Å². The van der Waals surface area contributed by atoms with E-state index >= 15 is 0 Å². The quantitative estimate of drug-likeness (QED) is 0.783. The van der Waals surface area contributed by atoms with E-state index in [1.165, 1.54) is 5.56 Å². The van der Waals surface area contributed by atoms with Gasteiger partial charge in [0.2, 0.25) is 0 Å². The zero-order chi connectivity index (χ0) is 11.3. The molecule has 1 atom stereocenters. The number of carbonyl (C=O) groups excluding carboxylic acids is 1. The highest BCUT2D eigenvalue weighted by molar-refractivity contribution is 5.94. The van der Waals surface area contributed by atoms with Crippen molar-refractivity contribution in [3.8, 4) is 0 Å². The highest BCUT2D eigenvalue weighted by atomic mass is 16.3. The zero-order valence-corrected chi connectivity index (χ0v) is 9.16. The van der Waals surface area contributed by atoms with Gasteiger partial charge in [0.15, 0.2) is 0 Å². The van der Waals surface area contributed by atoms with Crippen molar-refractivity contribution >= 4 is 5.91 Å². The Hall–Kier alpha value is -1.35. The SMILES string of the molecule is CCc1ccc(C(=O)N[C@@H](C)CO)cc1. The summed E-state index contributed by atoms with van der Waals surface area (Å²) in [7, 11) is 0. The summed E-state index contributed by atoms with van der Waals surface area (Å²) in [5.41, 5.74) is 1.84. The zero-order valence-electron chi connectivity index (χ0n) is 9.16. The van der Waals surface area contributed by atoms with E-state index < -0.39 is 0 Å². The molecule has 0 radical (unpaired) electrons. The summed E-state index contributed by atoms with van der Waals surface area (Å²) >= 11 is 0. The smallest absolute Gasteiger partial charge is 0.251 e. The van der Waals surface area contributed by atoms with E-state index in [0.717, 1.165) is 6.42 Å². The molecule has 0 heterocycles. The maximum absolute atomic E-state index is 11.6. The van der Waals surface area contributed by atoms with Crippen LogP contribution in [0.25, 0.3) is 0 Å². The van der Waals surface area contributed by atoms with Crippen LogP contribution in [0.15, 0.2) is 24.3 Å². The van der Waals surface area contributed by atoms with Crippen LogP contribution in [0.4, 0.5) is 0 Å². The van der Waals surface area contributed by atoms with Gasteiger partial charge in [-0.1, -0.05) is 19.1 Å². The van der Waals surface area contributed by atoms with E-state index in [2.05, 4.69) is 12.2 Å². The van der Waals surface area contributed by atoms with Gasteiger partial charge in [0.25, 0.3) is 5.91 Å². The van der Waals surface area contributed by atoms with Gasteiger partial charge in [-0.2, -0.15) is 0 Å². The fraction of sp³-hybridized carbons (Fsp3) is 0.417. The van der Waals surface area contributed by atoms with Crippen LogP contribution >= 0.6 is 0 Å². The third kappa shape index (κ3) is 3.36. The molecule has 0 spiro atoms. The van der Waals surface area contributed by atoms with Crippen LogP contribution in [0.2, 0.25) is 0 Å². The lowest BCUT2D eigenvalue weighted by atomic mass is 10.1. The molecule has 3 heteroatoms. The van der Waals surface area contributed by atoms with Crippen molar-refractivity contribution in [2.75, 3.05) is 6.61 Å². The number of carbonyl (C=O) groups is 1. The van der Waals surface area contributed by atoms with Crippen molar-refractivity contribution in [3.05, 3.63) is 35.4 Å². The van der Waals surface area contributed by atoms with E-state index in [4.69, 9.17) is 5.11 Å². The maximum Gasteiger partial charge on any atom is 0.251 e. The Morgan fingerprint density at radius 2 is 2.00 bits per heavy atom. The highest BCUT2D eigenvalue weighted by Gasteiger charge is 2.07. The molecule has 0 fully saturated rings. The molecule has 2 N–H and O–H groups in total. The molecule has 0 aliphatic carbocycles. The van der Waals surface area contributed by atoms with Crippen molar-refractivity contribution in [2.24, 2.45) is 0 Å². The average Bonchev–Trinajstić information content (AvgIpc) is 2.29. The second-order valence-corrected chi connectivity index (χ2v) is 3.61. The van der Waals surface area contributed by atoms with E-state index in [1.54, 1.807) is 19.1 Å². The van der Waals surface area contributed by atoms with Gasteiger partial charge in [0.05, 0.1) is 6.61 Å². The van der Waals surface area contributed by atoms with Gasteiger partial charge in [0, 0.05) is 11.6 Å². The summed E-state index contributed by atoms with van der Waals surface area (Å²) in [6.07, 6.45) is 0.967. The molecule has 0 aliphatic heterocycles. The minimum absolute atomic E-state index is 0.0429. The Morgan fingerprint density at radius 3 is 2.47 bits per heavy atom. The van der Waals surface area contributed by atoms with E-state index in [9.17, 15) is 4.79 Å². The molecule has 1 aromatic rings. The number of rotatable bonds is 4. The number of nitrogens with one attached hydrogen (secondary N) is 1. The molecule has 0 saturated carbocycles. The summed E-state index contributed by atoms with van der Waals surface area (Å²) in [6.45, 7) is 3.79. The van der Waals surface area contributed by atoms with Crippen LogP contribution in [0.5, 0.6) is 0 Å². The van der Waals surface area contributed by atoms with Gasteiger partial charge in [-0.25, -0.2) is 0 Å². The predicted molar refractivity (Wildman–Crippen MR) is 59.8 cm³/mol. The number of hydrogen-bond acceptors (Lipinski definition) is 2. The number of aryl methyl sites for hydroxylation is 1. The number of hydrogen-bond donors (Lipinski definition) is 2. The number of amides is 1. The van der Waals surface area contributed by atoms with Crippen molar-refractivity contribution < 1.29 is 9.90 Å². The van der Waals surface area contributed by atoms with Crippen LogP contribution in [-0.4, -0.2) is 23.7 Å². The normalized spacial score (nSPS) is 12.2. The molecule has 0 unspecified atom stereocenters. The minimum Gasteiger partial charge on any atom is -0.394 e. The Kier molecular flexibility index (Phi) is 4.31. The molecule has 1 rings (SSSR count). The van der Waals surface area contributed by atoms with Crippen LogP contribution in [0, 0.1) is 0 Å². The van der Waals surface area contributed by atoms with Crippen molar-refractivity contribution in [1.29, 1.82) is 0 Å². The van der Waals surface area contributed by atoms with E-state index in [-0.39, 0.29) is 18.6 Å². The van der Waals surface area contributed by atoms with Crippen molar-refractivity contribution in [1.82, 2.24) is 5.32 Å². The van der Waals surface area contributed by atoms with Gasteiger partial charge in [0.1, 0.15) is 0 Å². The Balaban J connectivity index is 2.66. The largest absolute Gasteiger partial charge is 0.394 e. The molecular formula is C12H17NO2. The maximum atomic E-state index is 11.6. The lowest BCUT2D eigenvalue weighted by Crippen LogP contribution is -2.34. The standard InChI is InChI=1S/C12H17NO2/c1-3-10-4-6-11(7-5-10)12(15)13-9(2)8-14/h4-7,9,14H,3,8H2,1-2H3,(H,13,15)/t9-/m0/s1. The molecule has 3 nitrogen and oxygen atoms in total. The molecule has 1 aromatic carbocycles. The van der Waals surface area contributed by atoms with E-state index in [1.807, 2.05) is 12.1 Å². The Bertz CT molecular complexity index is 319. The van der Waals surface area contributed by atoms with Gasteiger partial charge >= 0.3 is 0 Å². The van der Waals surface area contributed by atoms with Crippen molar-refractivity contribution in [3.63, 3.8) is 0 Å². The fourth-order valence-electron chi connectivity index (χ4n) is 1.24. The predicted octanol–water partition coefficient (Wildman–Crippen LogP) is 1.36. The molecular weight excluding hydrogens is 190 g/mol. The molecule has 0 aromatic heterocycles. The molecule has 1 amide bonds. The third-order valence-corrected chi connectivity index (χ3v) is 2.28. The lowest BCUT2D eigenvalue weighted by molar-refractivity contribution is 0.0922. The highest BCUT2D eigenvalue weighted by Crippen LogP contribution is 2.05. The number of benzene rings is 1. The minimum atomic E-state index is -0.205. The first-order valence-corrected chi connectivity index (χ1v) is 5.18. The van der Waals surface area contributed by atoms with Gasteiger partial charge in [-0.15, -0.1) is 0 Å². The van der Waals surface area contributed by atoms with Crippen LogP contribution in [0.3, 0.4) is 0 Å². The number of aliphatic hydroxyl groups excluding tert-OH is 1. The van der Waals surface area contributed by atoms with E-state index in [0.29, 0.717) is 5.56 Å². The summed E-state index contributed by atoms with van der Waals surface area (Å²) < 4.78 is 0. The first-order chi connectivity index (χ1) is 7.17. The summed E-state index contributed by atoms with van der Waals surface area (Å²) in [6, 6.07) is 7.29. The third-order valence-electron chi connectivity index (χ3n) is 2.28. The van der Waals surface area contributed by atoms with Crippen LogP contribution < -0.4 is 5.32 Å². The molecule has 0 bridgehead atoms. The molecule has 15 heavy (non-hydrogen) atoms. The van der Waals surface area contributed by atoms with Crippen LogP contribution in [-0.2, 0) is 6.42 Å². The molecule has 82 valence electrons. The molecule has 0 saturated heterocycles. The summed E-state index contributed by atoms with van der Waals surface area (Å²) in [5, 5.41) is 11.5. The Morgan fingerprint density at radius 1 is 1.40 bits per heavy atom. The van der Waals surface area contributed by atoms with Crippen molar-refractivity contribution in [2.45, 2.75) is 26.3 Å². The van der Waals surface area contributed by atoms with Gasteiger partial charge in [-0.3, -0.25) is 4.79 Å². The average molecular weight is 207 g/mol. The second-order valence-electron chi connectivity index (χ2n) is 3.61. The summed E-state index contributed by atoms with van der Waals surface area (Å²) in [4.78, 5) is 11.6. The first kappa shape index (κ1) is 11.7. The topological polar surface area (TPSA) is 49.3 Å². The van der Waals surface area contributed by atoms with Gasteiger partial charge in [-0.05, 0) is 31.0 Å². The fourth-order valence-corrected chi connectivity index (χ4v) is 1.24. The second kappa shape index (κ2) is 5.51.